The standard InChI is InChI=1S/C45H25N3S/c1-2-12-39-35(10-1)42-36(11-5-13-40(42)49-39)45-47-43-33-9-4-8-31(23-33)29-6-3-7-30(22-29)32-20-16-26-14-18-28-19-15-27-17-21-34(44(46-43)48-45)25-38(27)41(28)37(26)24-32/h1-25H. The van der Waals surface area contributed by atoms with Crippen molar-refractivity contribution < 1.29 is 0 Å². The fraction of sp³-hybridized carbons (Fsp3) is 0. The smallest absolute Gasteiger partial charge is 0.164 e. The van der Waals surface area contributed by atoms with Crippen LogP contribution in [0.1, 0.15) is 0 Å². The quantitative estimate of drug-likeness (QED) is 0.168. The molecule has 49 heavy (non-hydrogen) atoms. The van der Waals surface area contributed by atoms with Gasteiger partial charge in [0.2, 0.25) is 0 Å². The van der Waals surface area contributed by atoms with E-state index in [0.717, 1.165) is 27.1 Å². The van der Waals surface area contributed by atoms with Gasteiger partial charge in [0.1, 0.15) is 0 Å². The number of rotatable bonds is 1. The number of hydrogen-bond donors (Lipinski definition) is 0. The summed E-state index contributed by atoms with van der Waals surface area (Å²) >= 11 is 1.81. The van der Waals surface area contributed by atoms with Crippen LogP contribution in [-0.4, -0.2) is 15.0 Å². The fourth-order valence-electron chi connectivity index (χ4n) is 7.62. The molecule has 8 aromatic carbocycles. The van der Waals surface area contributed by atoms with Gasteiger partial charge in [-0.1, -0.05) is 115 Å². The first-order valence-corrected chi connectivity index (χ1v) is 17.3. The summed E-state index contributed by atoms with van der Waals surface area (Å²) in [5.74, 6) is 0.677. The van der Waals surface area contributed by atoms with Gasteiger partial charge in [-0.05, 0) is 90.3 Å². The van der Waals surface area contributed by atoms with Gasteiger partial charge in [-0.25, -0.2) is 15.0 Å². The Balaban J connectivity index is 1.36. The van der Waals surface area contributed by atoms with Gasteiger partial charge in [0, 0.05) is 36.5 Å². The van der Waals surface area contributed by atoms with Crippen LogP contribution in [0.15, 0.2) is 152 Å². The van der Waals surface area contributed by atoms with Crippen LogP contribution in [0.25, 0.3) is 107 Å². The molecule has 0 amide bonds. The van der Waals surface area contributed by atoms with E-state index in [1.165, 1.54) is 63.3 Å². The Hall–Kier alpha value is -6.23. The highest BCUT2D eigenvalue weighted by molar-refractivity contribution is 7.25. The second kappa shape index (κ2) is 10.1. The maximum Gasteiger partial charge on any atom is 0.164 e. The molecule has 11 rings (SSSR count). The van der Waals surface area contributed by atoms with E-state index in [9.17, 15) is 0 Å². The van der Waals surface area contributed by atoms with Crippen molar-refractivity contribution in [3.05, 3.63) is 152 Å². The molecule has 0 saturated carbocycles. The second-order valence-electron chi connectivity index (χ2n) is 12.8. The lowest BCUT2D eigenvalue weighted by molar-refractivity contribution is 1.19. The van der Waals surface area contributed by atoms with Crippen molar-refractivity contribution >= 4 is 107 Å². The minimum Gasteiger partial charge on any atom is -0.208 e. The Bertz CT molecular complexity index is 3230. The SMILES string of the molecule is c1cc2cc(c1)c1ccc3ccc4ccc5ccc(cc5c4c3c1)c1nc(-c3cccc4sc5ccccc5c34)nc(n1)c1cccc2c1. The summed E-state index contributed by atoms with van der Waals surface area (Å²) in [6.07, 6.45) is 0. The summed E-state index contributed by atoms with van der Waals surface area (Å²) in [6, 6.07) is 54.9. The predicted molar refractivity (Wildman–Crippen MR) is 210 cm³/mol. The molecule has 0 spiro atoms. The number of nitrogens with zero attached hydrogens (tertiary/aromatic N) is 3. The largest absolute Gasteiger partial charge is 0.208 e. The van der Waals surface area contributed by atoms with Gasteiger partial charge in [0.25, 0.3) is 0 Å². The highest BCUT2D eigenvalue weighted by Crippen LogP contribution is 2.40. The van der Waals surface area contributed by atoms with E-state index in [1.54, 1.807) is 0 Å². The first-order valence-electron chi connectivity index (χ1n) is 16.5. The maximum atomic E-state index is 5.26. The van der Waals surface area contributed by atoms with Gasteiger partial charge >= 0.3 is 0 Å². The molecule has 4 heteroatoms. The molecule has 0 atom stereocenters. The first-order chi connectivity index (χ1) is 24.2. The van der Waals surface area contributed by atoms with E-state index in [4.69, 9.17) is 15.0 Å². The summed E-state index contributed by atoms with van der Waals surface area (Å²) in [5, 5.41) is 16.3. The molecule has 3 aromatic heterocycles. The van der Waals surface area contributed by atoms with Crippen LogP contribution in [0.2, 0.25) is 0 Å². The van der Waals surface area contributed by atoms with E-state index < -0.39 is 0 Å². The normalized spacial score (nSPS) is 12.1. The number of benzene rings is 8. The van der Waals surface area contributed by atoms with Crippen molar-refractivity contribution in [3.63, 3.8) is 0 Å². The van der Waals surface area contributed by atoms with E-state index >= 15 is 0 Å². The van der Waals surface area contributed by atoms with Crippen molar-refractivity contribution in [2.75, 3.05) is 0 Å². The summed E-state index contributed by atoms with van der Waals surface area (Å²) < 4.78 is 2.48. The third-order valence-electron chi connectivity index (χ3n) is 10.0. The molecule has 0 fully saturated rings. The number of fused-ring (bicyclic) bond motifs is 15. The zero-order valence-electron chi connectivity index (χ0n) is 26.2. The average molecular weight is 640 g/mol. The summed E-state index contributed by atoms with van der Waals surface area (Å²) in [7, 11) is 0. The molecule has 0 aliphatic heterocycles. The molecule has 10 bridgehead atoms. The predicted octanol–water partition coefficient (Wildman–Crippen LogP) is 12.5. The molecule has 0 saturated heterocycles. The lowest BCUT2D eigenvalue weighted by Crippen LogP contribution is -1.95. The van der Waals surface area contributed by atoms with Crippen LogP contribution >= 0.6 is 11.3 Å². The van der Waals surface area contributed by atoms with Crippen LogP contribution in [0.5, 0.6) is 0 Å². The van der Waals surface area contributed by atoms with Gasteiger partial charge in [-0.15, -0.1) is 11.3 Å². The Morgan fingerprint density at radius 1 is 0.327 bits per heavy atom. The highest BCUT2D eigenvalue weighted by atomic mass is 32.1. The van der Waals surface area contributed by atoms with Crippen molar-refractivity contribution in [1.29, 1.82) is 0 Å². The van der Waals surface area contributed by atoms with Crippen molar-refractivity contribution in [3.8, 4) is 11.4 Å². The van der Waals surface area contributed by atoms with Crippen molar-refractivity contribution in [1.82, 2.24) is 15.0 Å². The van der Waals surface area contributed by atoms with E-state index in [2.05, 4.69) is 152 Å². The lowest BCUT2D eigenvalue weighted by Gasteiger charge is -2.10. The summed E-state index contributed by atoms with van der Waals surface area (Å²) in [5.41, 5.74) is 2.34. The molecule has 3 nitrogen and oxygen atoms in total. The molecule has 0 unspecified atom stereocenters. The summed E-state index contributed by atoms with van der Waals surface area (Å²) in [4.78, 5) is 15.7. The minimum atomic E-state index is 0.660. The molecule has 11 aromatic rings. The highest BCUT2D eigenvalue weighted by Gasteiger charge is 2.15. The minimum absolute atomic E-state index is 0.660. The Kier molecular flexibility index (Phi) is 5.54. The van der Waals surface area contributed by atoms with Gasteiger partial charge < -0.3 is 0 Å². The van der Waals surface area contributed by atoms with Crippen LogP contribution in [0, 0.1) is 0 Å². The molecule has 0 aliphatic carbocycles. The Morgan fingerprint density at radius 3 is 1.57 bits per heavy atom. The van der Waals surface area contributed by atoms with Gasteiger partial charge in [0.05, 0.1) is 0 Å². The molecular weight excluding hydrogens is 615 g/mol. The zero-order valence-corrected chi connectivity index (χ0v) is 27.0. The van der Waals surface area contributed by atoms with Crippen LogP contribution < -0.4 is 0 Å². The van der Waals surface area contributed by atoms with Gasteiger partial charge in [-0.2, -0.15) is 0 Å². The van der Waals surface area contributed by atoms with Crippen LogP contribution in [0.3, 0.4) is 0 Å². The Labute approximate surface area is 284 Å². The number of thiophene rings is 1. The number of aromatic nitrogens is 3. The zero-order chi connectivity index (χ0) is 32.1. The van der Waals surface area contributed by atoms with Crippen LogP contribution in [0.4, 0.5) is 0 Å². The monoisotopic (exact) mass is 639 g/mol. The van der Waals surface area contributed by atoms with Crippen molar-refractivity contribution in [2.24, 2.45) is 0 Å². The fourth-order valence-corrected chi connectivity index (χ4v) is 8.76. The molecular formula is C45H25N3S. The number of hydrogen-bond acceptors (Lipinski definition) is 4. The average Bonchev–Trinajstić information content (AvgIpc) is 3.56. The van der Waals surface area contributed by atoms with Gasteiger partial charge in [0.15, 0.2) is 17.1 Å². The molecule has 3 heterocycles. The molecule has 0 aliphatic rings. The van der Waals surface area contributed by atoms with E-state index in [0.29, 0.717) is 17.1 Å². The molecule has 226 valence electrons. The first kappa shape index (κ1) is 26.8. The van der Waals surface area contributed by atoms with Gasteiger partial charge in [-0.3, -0.25) is 0 Å². The molecule has 0 radical (unpaired) electrons. The lowest BCUT2D eigenvalue weighted by atomic mass is 9.94. The molecule has 0 N–H and O–H groups in total. The third-order valence-corrected chi connectivity index (χ3v) is 11.1. The summed E-state index contributed by atoms with van der Waals surface area (Å²) in [6.45, 7) is 0. The second-order valence-corrected chi connectivity index (χ2v) is 13.9. The van der Waals surface area contributed by atoms with E-state index in [1.807, 2.05) is 11.3 Å². The Morgan fingerprint density at radius 2 is 0.837 bits per heavy atom. The topological polar surface area (TPSA) is 38.7 Å². The van der Waals surface area contributed by atoms with Crippen molar-refractivity contribution in [2.45, 2.75) is 0 Å². The van der Waals surface area contributed by atoms with Crippen LogP contribution in [-0.2, 0) is 0 Å². The maximum absolute atomic E-state index is 5.26. The van der Waals surface area contributed by atoms with E-state index in [-0.39, 0.29) is 0 Å². The third kappa shape index (κ3) is 4.11.